The molecule has 3 aromatic rings. The zero-order chi connectivity index (χ0) is 24.9. The quantitative estimate of drug-likeness (QED) is 0.442. The summed E-state index contributed by atoms with van der Waals surface area (Å²) in [7, 11) is 0. The Labute approximate surface area is 187 Å². The summed E-state index contributed by atoms with van der Waals surface area (Å²) in [4.78, 5) is 28.7. The van der Waals surface area contributed by atoms with Crippen LogP contribution in [0, 0.1) is 0 Å². The van der Waals surface area contributed by atoms with Crippen LogP contribution < -0.4 is 10.6 Å². The minimum Gasteiger partial charge on any atom is -0.352 e. The third-order valence-corrected chi connectivity index (χ3v) is 4.35. The highest BCUT2D eigenvalue weighted by Gasteiger charge is 2.28. The second kappa shape index (κ2) is 10.0. The van der Waals surface area contributed by atoms with Crippen LogP contribution in [-0.4, -0.2) is 53.8 Å². The molecule has 3 heterocycles. The molecule has 0 bridgehead atoms. The first-order valence-electron chi connectivity index (χ1n) is 9.80. The first-order valence-corrected chi connectivity index (χ1v) is 9.80. The van der Waals surface area contributed by atoms with E-state index in [0.717, 1.165) is 11.0 Å². The molecule has 184 valence electrons. The number of hydrogen-bond acceptors (Lipinski definition) is 6. The second-order valence-electron chi connectivity index (χ2n) is 7.16. The van der Waals surface area contributed by atoms with Crippen molar-refractivity contribution in [3.05, 3.63) is 41.6 Å². The van der Waals surface area contributed by atoms with Crippen molar-refractivity contribution >= 4 is 17.5 Å². The van der Waals surface area contributed by atoms with E-state index in [0.29, 0.717) is 16.9 Å². The maximum atomic E-state index is 12.3. The average Bonchev–Trinajstić information content (AvgIpc) is 3.38. The number of carbonyl (C=O) groups is 2. The normalized spacial score (nSPS) is 12.2. The number of alkyl halides is 6. The molecule has 0 radical (unpaired) electrons. The van der Waals surface area contributed by atoms with Crippen LogP contribution in [0.2, 0.25) is 0 Å². The van der Waals surface area contributed by atoms with Gasteiger partial charge in [0.05, 0.1) is 50.2 Å². The zero-order valence-corrected chi connectivity index (χ0v) is 17.3. The highest BCUT2D eigenvalue weighted by molar-refractivity contribution is 5.91. The predicted octanol–water partition coefficient (Wildman–Crippen LogP) is 2.16. The van der Waals surface area contributed by atoms with Crippen LogP contribution in [0.3, 0.4) is 0 Å². The SMILES string of the molecule is O=C(CCC(F)(F)F)NCc1cnn2cc(CNC(=O)c3cnn(CCC(F)(F)F)n3)nc2c1. The van der Waals surface area contributed by atoms with Gasteiger partial charge in [0.2, 0.25) is 5.91 Å². The molecule has 16 heteroatoms. The minimum absolute atomic E-state index is 0.0386. The van der Waals surface area contributed by atoms with Crippen molar-refractivity contribution in [3.8, 4) is 0 Å². The molecule has 0 aliphatic rings. The van der Waals surface area contributed by atoms with Gasteiger partial charge in [0.15, 0.2) is 11.3 Å². The van der Waals surface area contributed by atoms with Gasteiger partial charge in [0.25, 0.3) is 5.91 Å². The fourth-order valence-electron chi connectivity index (χ4n) is 2.69. The van der Waals surface area contributed by atoms with Crippen molar-refractivity contribution < 1.29 is 35.9 Å². The molecule has 0 saturated carbocycles. The number of fused-ring (bicyclic) bond motifs is 1. The summed E-state index contributed by atoms with van der Waals surface area (Å²) in [6.45, 7) is -0.593. The van der Waals surface area contributed by atoms with Crippen molar-refractivity contribution in [2.75, 3.05) is 0 Å². The number of nitrogens with one attached hydrogen (secondary N) is 2. The fourth-order valence-corrected chi connectivity index (χ4v) is 2.69. The number of aryl methyl sites for hydroxylation is 1. The zero-order valence-electron chi connectivity index (χ0n) is 17.3. The summed E-state index contributed by atoms with van der Waals surface area (Å²) in [5, 5.41) is 16.3. The fraction of sp³-hybridized carbons (Fsp3) is 0.444. The van der Waals surface area contributed by atoms with E-state index in [1.807, 2.05) is 0 Å². The molecule has 10 nitrogen and oxygen atoms in total. The number of hydrogen-bond donors (Lipinski definition) is 2. The van der Waals surface area contributed by atoms with Gasteiger partial charge >= 0.3 is 12.4 Å². The van der Waals surface area contributed by atoms with Gasteiger partial charge in [-0.1, -0.05) is 0 Å². The van der Waals surface area contributed by atoms with Crippen molar-refractivity contribution in [1.82, 2.24) is 40.2 Å². The lowest BCUT2D eigenvalue weighted by Crippen LogP contribution is -2.24. The summed E-state index contributed by atoms with van der Waals surface area (Å²) in [6, 6.07) is 1.56. The summed E-state index contributed by atoms with van der Waals surface area (Å²) >= 11 is 0. The number of imidazole rings is 1. The van der Waals surface area contributed by atoms with E-state index in [9.17, 15) is 35.9 Å². The van der Waals surface area contributed by atoms with Crippen molar-refractivity contribution in [2.45, 2.75) is 51.2 Å². The van der Waals surface area contributed by atoms with E-state index >= 15 is 0 Å². The van der Waals surface area contributed by atoms with E-state index < -0.39 is 50.0 Å². The average molecular weight is 492 g/mol. The molecule has 0 unspecified atom stereocenters. The van der Waals surface area contributed by atoms with Crippen LogP contribution in [0.1, 0.15) is 41.0 Å². The Morgan fingerprint density at radius 2 is 1.68 bits per heavy atom. The topological polar surface area (TPSA) is 119 Å². The van der Waals surface area contributed by atoms with E-state index in [4.69, 9.17) is 0 Å². The molecule has 0 spiro atoms. The Morgan fingerprint density at radius 1 is 0.941 bits per heavy atom. The van der Waals surface area contributed by atoms with Crippen LogP contribution >= 0.6 is 0 Å². The third-order valence-electron chi connectivity index (χ3n) is 4.35. The molecule has 3 rings (SSSR count). The van der Waals surface area contributed by atoms with Gasteiger partial charge in [0.1, 0.15) is 0 Å². The Balaban J connectivity index is 1.51. The summed E-state index contributed by atoms with van der Waals surface area (Å²) in [6.07, 6.45) is -7.84. The maximum absolute atomic E-state index is 12.3. The number of carbonyl (C=O) groups excluding carboxylic acids is 2. The molecule has 34 heavy (non-hydrogen) atoms. The molecular weight excluding hydrogens is 474 g/mol. The summed E-state index contributed by atoms with van der Waals surface area (Å²) < 4.78 is 74.7. The Morgan fingerprint density at radius 3 is 2.38 bits per heavy atom. The Bertz CT molecular complexity index is 1150. The Hall–Kier alpha value is -3.72. The van der Waals surface area contributed by atoms with Gasteiger partial charge in [-0.2, -0.15) is 41.3 Å². The van der Waals surface area contributed by atoms with E-state index in [1.54, 1.807) is 6.07 Å². The Kier molecular flexibility index (Phi) is 7.36. The first-order chi connectivity index (χ1) is 15.9. The second-order valence-corrected chi connectivity index (χ2v) is 7.16. The predicted molar refractivity (Wildman–Crippen MR) is 102 cm³/mol. The number of nitrogens with zero attached hydrogens (tertiary/aromatic N) is 6. The van der Waals surface area contributed by atoms with Gasteiger partial charge in [-0.05, 0) is 11.6 Å². The molecule has 0 aromatic carbocycles. The number of rotatable bonds is 9. The van der Waals surface area contributed by atoms with Crippen LogP contribution in [0.25, 0.3) is 5.65 Å². The standard InChI is InChI=1S/C18H18F6N8O2/c19-17(20,21)2-1-15(33)25-6-11-5-14-29-12(10-31(14)27-7-11)8-26-16(34)13-9-28-32(30-13)4-3-18(22,23)24/h5,7,9-10H,1-4,6,8H2,(H,25,33)(H,26,34). The van der Waals surface area contributed by atoms with E-state index in [-0.39, 0.29) is 18.8 Å². The molecule has 2 N–H and O–H groups in total. The maximum Gasteiger partial charge on any atom is 0.390 e. The van der Waals surface area contributed by atoms with Crippen molar-refractivity contribution in [1.29, 1.82) is 0 Å². The summed E-state index contributed by atoms with van der Waals surface area (Å²) in [5.74, 6) is -1.41. The van der Waals surface area contributed by atoms with Gasteiger partial charge < -0.3 is 10.6 Å². The van der Waals surface area contributed by atoms with Crippen molar-refractivity contribution in [2.24, 2.45) is 0 Å². The highest BCUT2D eigenvalue weighted by Crippen LogP contribution is 2.21. The van der Waals surface area contributed by atoms with Crippen LogP contribution in [-0.2, 0) is 24.4 Å². The molecule has 0 aliphatic carbocycles. The minimum atomic E-state index is -4.41. The van der Waals surface area contributed by atoms with Gasteiger partial charge in [-0.3, -0.25) is 9.59 Å². The molecule has 2 amide bonds. The highest BCUT2D eigenvalue weighted by atomic mass is 19.4. The molecule has 3 aromatic heterocycles. The lowest BCUT2D eigenvalue weighted by atomic mass is 10.2. The van der Waals surface area contributed by atoms with Gasteiger partial charge in [-0.15, -0.1) is 5.10 Å². The smallest absolute Gasteiger partial charge is 0.352 e. The molecule has 0 atom stereocenters. The molecule has 0 fully saturated rings. The molecule has 0 aliphatic heterocycles. The van der Waals surface area contributed by atoms with E-state index in [2.05, 4.69) is 30.9 Å². The lowest BCUT2D eigenvalue weighted by molar-refractivity contribution is -0.144. The van der Waals surface area contributed by atoms with E-state index in [1.165, 1.54) is 16.9 Å². The number of halogens is 6. The lowest BCUT2D eigenvalue weighted by Gasteiger charge is -2.07. The molecular formula is C18H18F6N8O2. The molecule has 0 saturated heterocycles. The monoisotopic (exact) mass is 492 g/mol. The van der Waals surface area contributed by atoms with Crippen LogP contribution in [0.4, 0.5) is 26.3 Å². The van der Waals surface area contributed by atoms with Crippen LogP contribution in [0.5, 0.6) is 0 Å². The van der Waals surface area contributed by atoms with Gasteiger partial charge in [0, 0.05) is 13.0 Å². The first kappa shape index (κ1) is 24.9. The van der Waals surface area contributed by atoms with Gasteiger partial charge in [-0.25, -0.2) is 9.50 Å². The number of amides is 2. The number of aromatic nitrogens is 6. The van der Waals surface area contributed by atoms with Crippen molar-refractivity contribution in [3.63, 3.8) is 0 Å². The third kappa shape index (κ3) is 7.70. The largest absolute Gasteiger partial charge is 0.390 e. The van der Waals surface area contributed by atoms with Crippen LogP contribution in [0.15, 0.2) is 24.7 Å². The summed E-state index contributed by atoms with van der Waals surface area (Å²) in [5.41, 5.74) is 1.11.